The minimum Gasteiger partial charge on any atom is -0.480 e. The average molecular weight is 438 g/mol. The highest BCUT2D eigenvalue weighted by molar-refractivity contribution is 6.07. The number of rotatable bonds is 7. The van der Waals surface area contributed by atoms with Crippen molar-refractivity contribution in [1.82, 2.24) is 15.2 Å². The molecule has 32 heavy (non-hydrogen) atoms. The number of carboxylic acids is 1. The van der Waals surface area contributed by atoms with Crippen LogP contribution < -0.4 is 11.1 Å². The molecule has 2 fully saturated rings. The lowest BCUT2D eigenvalue weighted by molar-refractivity contribution is -0.165. The van der Waals surface area contributed by atoms with Gasteiger partial charge in [0.1, 0.15) is 5.82 Å². The van der Waals surface area contributed by atoms with Crippen LogP contribution in [0.2, 0.25) is 0 Å². The lowest BCUT2D eigenvalue weighted by Crippen LogP contribution is -2.69. The number of carboxylic acid groups (broad SMARTS) is 1. The van der Waals surface area contributed by atoms with Gasteiger partial charge in [-0.05, 0) is 48.9 Å². The summed E-state index contributed by atoms with van der Waals surface area (Å²) in [7, 11) is 0. The predicted octanol–water partition coefficient (Wildman–Crippen LogP) is 1.97. The number of amides is 3. The lowest BCUT2D eigenvalue weighted by Gasteiger charge is -2.43. The number of likely N-dealkylation sites (tertiary alicyclic amines) is 1. The molecule has 1 aliphatic carbocycles. The second-order valence-electron chi connectivity index (χ2n) is 8.21. The van der Waals surface area contributed by atoms with Gasteiger partial charge in [-0.1, -0.05) is 30.3 Å². The van der Waals surface area contributed by atoms with Crippen LogP contribution in [0.25, 0.3) is 0 Å². The first-order chi connectivity index (χ1) is 15.4. The molecular formula is C23H26N4O5. The number of urea groups is 1. The number of hydrogen-bond donors (Lipinski definition) is 3. The summed E-state index contributed by atoms with van der Waals surface area (Å²) < 4.78 is 5.99. The monoisotopic (exact) mass is 438 g/mol. The molecule has 9 nitrogen and oxygen atoms in total. The summed E-state index contributed by atoms with van der Waals surface area (Å²) in [6, 6.07) is 10.8. The minimum atomic E-state index is -1.22. The first-order valence-corrected chi connectivity index (χ1v) is 10.7. The molecule has 1 aromatic heterocycles. The van der Waals surface area contributed by atoms with E-state index in [1.165, 1.54) is 6.20 Å². The zero-order chi connectivity index (χ0) is 22.7. The molecule has 2 aliphatic rings. The van der Waals surface area contributed by atoms with E-state index in [9.17, 15) is 19.5 Å². The Balaban J connectivity index is 1.37. The number of benzene rings is 1. The van der Waals surface area contributed by atoms with Crippen LogP contribution in [-0.4, -0.2) is 51.1 Å². The van der Waals surface area contributed by atoms with Crippen LogP contribution in [0.3, 0.4) is 0 Å². The van der Waals surface area contributed by atoms with E-state index in [0.29, 0.717) is 24.4 Å². The summed E-state index contributed by atoms with van der Waals surface area (Å²) in [5.41, 5.74) is 7.40. The first kappa shape index (κ1) is 21.8. The first-order valence-electron chi connectivity index (χ1n) is 10.7. The van der Waals surface area contributed by atoms with Gasteiger partial charge in [0.05, 0.1) is 24.7 Å². The van der Waals surface area contributed by atoms with E-state index >= 15 is 0 Å². The fourth-order valence-corrected chi connectivity index (χ4v) is 4.43. The Bertz CT molecular complexity index is 999. The number of ether oxygens (including phenoxy) is 1. The zero-order valence-electron chi connectivity index (χ0n) is 17.5. The number of β-lactam (4-membered cyclic amide) rings is 1. The maximum absolute atomic E-state index is 12.8. The van der Waals surface area contributed by atoms with Crippen LogP contribution in [0.4, 0.5) is 10.6 Å². The van der Waals surface area contributed by atoms with E-state index in [0.717, 1.165) is 23.3 Å². The summed E-state index contributed by atoms with van der Waals surface area (Å²) in [5.74, 6) is -2.26. The number of pyridine rings is 1. The zero-order valence-corrected chi connectivity index (χ0v) is 17.5. The summed E-state index contributed by atoms with van der Waals surface area (Å²) in [5, 5.41) is 12.5. The molecule has 2 heterocycles. The molecule has 1 saturated carbocycles. The maximum atomic E-state index is 12.8. The molecule has 9 heteroatoms. The Labute approximate surface area is 185 Å². The van der Waals surface area contributed by atoms with Gasteiger partial charge in [0.2, 0.25) is 5.91 Å². The summed E-state index contributed by atoms with van der Waals surface area (Å²) >= 11 is 0. The molecule has 0 bridgehead atoms. The topological polar surface area (TPSA) is 135 Å². The number of nitrogen functional groups attached to an aromatic ring is 1. The molecule has 2 aromatic rings. The highest BCUT2D eigenvalue weighted by atomic mass is 16.5. The summed E-state index contributed by atoms with van der Waals surface area (Å²) in [4.78, 5) is 42.1. The van der Waals surface area contributed by atoms with Gasteiger partial charge in [-0.3, -0.25) is 4.79 Å². The smallest absolute Gasteiger partial charge is 0.327 e. The third-order valence-corrected chi connectivity index (χ3v) is 6.06. The molecule has 168 valence electrons. The SMILES string of the molecule is Nc1cc(C[C@H]2C(=O)N(C(=O)N[C@H]3CCC[C@@H]3OCc3ccccc3)[C@@H]2C(=O)O)ccn1. The van der Waals surface area contributed by atoms with E-state index in [1.54, 1.807) is 12.1 Å². The maximum Gasteiger partial charge on any atom is 0.327 e. The number of carbonyl (C=O) groups is 3. The number of hydrogen-bond acceptors (Lipinski definition) is 6. The molecule has 1 aliphatic heterocycles. The summed E-state index contributed by atoms with van der Waals surface area (Å²) in [6.45, 7) is 0.426. The van der Waals surface area contributed by atoms with E-state index < -0.39 is 29.9 Å². The van der Waals surface area contributed by atoms with Crippen molar-refractivity contribution in [2.24, 2.45) is 5.92 Å². The van der Waals surface area contributed by atoms with Crippen LogP contribution in [-0.2, 0) is 27.4 Å². The molecule has 1 aromatic carbocycles. The van der Waals surface area contributed by atoms with Gasteiger partial charge < -0.3 is 20.9 Å². The van der Waals surface area contributed by atoms with Crippen molar-refractivity contribution in [2.45, 2.75) is 50.5 Å². The van der Waals surface area contributed by atoms with Crippen LogP contribution in [0.5, 0.6) is 0 Å². The van der Waals surface area contributed by atoms with Crippen molar-refractivity contribution in [1.29, 1.82) is 0 Å². The molecule has 4 N–H and O–H groups in total. The van der Waals surface area contributed by atoms with Gasteiger partial charge in [-0.2, -0.15) is 0 Å². The number of aromatic nitrogens is 1. The number of nitrogens with one attached hydrogen (secondary N) is 1. The Morgan fingerprint density at radius 3 is 2.69 bits per heavy atom. The third kappa shape index (κ3) is 4.57. The average Bonchev–Trinajstić information content (AvgIpc) is 3.21. The molecule has 1 saturated heterocycles. The minimum absolute atomic E-state index is 0.179. The molecular weight excluding hydrogens is 412 g/mol. The fraction of sp³-hybridized carbons (Fsp3) is 0.391. The van der Waals surface area contributed by atoms with Crippen molar-refractivity contribution in [3.05, 3.63) is 59.8 Å². The lowest BCUT2D eigenvalue weighted by atomic mass is 9.82. The van der Waals surface area contributed by atoms with E-state index in [-0.39, 0.29) is 18.6 Å². The molecule has 0 unspecified atom stereocenters. The van der Waals surface area contributed by atoms with E-state index in [4.69, 9.17) is 10.5 Å². The second-order valence-corrected chi connectivity index (χ2v) is 8.21. The van der Waals surface area contributed by atoms with E-state index in [1.807, 2.05) is 30.3 Å². The number of imide groups is 1. The third-order valence-electron chi connectivity index (χ3n) is 6.06. The van der Waals surface area contributed by atoms with Crippen molar-refractivity contribution in [3.63, 3.8) is 0 Å². The standard InChI is InChI=1S/C23H26N4O5/c24-19-12-15(9-10-25-19)11-16-20(22(29)30)27(21(16)28)23(31)26-17-7-4-8-18(17)32-13-14-5-2-1-3-6-14/h1-3,5-6,9-10,12,16-18,20H,4,7-8,11,13H2,(H2,24,25)(H,26,31)(H,29,30)/t16-,17+,18+,20+/m1/s1. The van der Waals surface area contributed by atoms with Crippen LogP contribution in [0.1, 0.15) is 30.4 Å². The Hall–Kier alpha value is -3.46. The summed E-state index contributed by atoms with van der Waals surface area (Å²) in [6.07, 6.45) is 3.88. The molecule has 3 amide bonds. The van der Waals surface area contributed by atoms with Crippen molar-refractivity contribution in [2.75, 3.05) is 5.73 Å². The molecule has 4 rings (SSSR count). The number of nitrogens with zero attached hydrogens (tertiary/aromatic N) is 2. The number of nitrogens with two attached hydrogens (primary N) is 1. The molecule has 0 spiro atoms. The Morgan fingerprint density at radius 1 is 1.19 bits per heavy atom. The van der Waals surface area contributed by atoms with Crippen LogP contribution in [0, 0.1) is 5.92 Å². The van der Waals surface area contributed by atoms with Gasteiger partial charge in [0, 0.05) is 6.20 Å². The number of carbonyl (C=O) groups excluding carboxylic acids is 2. The van der Waals surface area contributed by atoms with Gasteiger partial charge in [-0.25, -0.2) is 19.5 Å². The van der Waals surface area contributed by atoms with Gasteiger partial charge in [0.25, 0.3) is 0 Å². The number of aliphatic carboxylic acids is 1. The molecule has 4 atom stereocenters. The van der Waals surface area contributed by atoms with Gasteiger partial charge in [0.15, 0.2) is 6.04 Å². The van der Waals surface area contributed by atoms with Crippen molar-refractivity contribution < 1.29 is 24.2 Å². The van der Waals surface area contributed by atoms with Crippen molar-refractivity contribution >= 4 is 23.7 Å². The Kier molecular flexibility index (Phi) is 6.36. The van der Waals surface area contributed by atoms with Crippen LogP contribution >= 0.6 is 0 Å². The van der Waals surface area contributed by atoms with Crippen LogP contribution in [0.15, 0.2) is 48.7 Å². The second kappa shape index (κ2) is 9.35. The highest BCUT2D eigenvalue weighted by Crippen LogP contribution is 2.31. The van der Waals surface area contributed by atoms with E-state index in [2.05, 4.69) is 10.3 Å². The molecule has 0 radical (unpaired) electrons. The number of anilines is 1. The highest BCUT2D eigenvalue weighted by Gasteiger charge is 2.55. The largest absolute Gasteiger partial charge is 0.480 e. The fourth-order valence-electron chi connectivity index (χ4n) is 4.43. The van der Waals surface area contributed by atoms with Gasteiger partial charge >= 0.3 is 12.0 Å². The normalized spacial score (nSPS) is 24.8. The van der Waals surface area contributed by atoms with Crippen molar-refractivity contribution in [3.8, 4) is 0 Å². The quantitative estimate of drug-likeness (QED) is 0.563. The van der Waals surface area contributed by atoms with Gasteiger partial charge in [-0.15, -0.1) is 0 Å². The predicted molar refractivity (Wildman–Crippen MR) is 115 cm³/mol. The Morgan fingerprint density at radius 2 is 1.97 bits per heavy atom.